The maximum Gasteiger partial charge on any atom is 0.416 e. The van der Waals surface area contributed by atoms with E-state index in [0.717, 1.165) is 25.8 Å². The molecule has 3 rings (SSSR count). The van der Waals surface area contributed by atoms with Crippen LogP contribution in [0.4, 0.5) is 13.2 Å². The number of rotatable bonds is 5. The lowest BCUT2D eigenvalue weighted by molar-refractivity contribution is -0.138. The molecule has 0 bridgehead atoms. The largest absolute Gasteiger partial charge is 0.489 e. The smallest absolute Gasteiger partial charge is 0.416 e. The van der Waals surface area contributed by atoms with Crippen molar-refractivity contribution < 1.29 is 17.9 Å². The van der Waals surface area contributed by atoms with E-state index in [9.17, 15) is 13.2 Å². The lowest BCUT2D eigenvalue weighted by Crippen LogP contribution is -2.36. The van der Waals surface area contributed by atoms with Crippen LogP contribution in [-0.2, 0) is 19.3 Å². The molecule has 1 fully saturated rings. The number of halogens is 3. The van der Waals surface area contributed by atoms with Crippen LogP contribution in [0.1, 0.15) is 54.0 Å². The highest BCUT2D eigenvalue weighted by Gasteiger charge is 2.34. The summed E-state index contributed by atoms with van der Waals surface area (Å²) < 4.78 is 46.3. The number of likely N-dealkylation sites (tertiary alicyclic amines) is 1. The van der Waals surface area contributed by atoms with Crippen molar-refractivity contribution in [1.82, 2.24) is 9.88 Å². The first-order chi connectivity index (χ1) is 13.8. The summed E-state index contributed by atoms with van der Waals surface area (Å²) in [4.78, 5) is 6.21. The predicted octanol–water partition coefficient (Wildman–Crippen LogP) is 5.23. The van der Waals surface area contributed by atoms with Gasteiger partial charge in [0, 0.05) is 36.1 Å². The number of benzene rings is 1. The molecule has 1 atom stereocenters. The Bertz CT molecular complexity index is 905. The van der Waals surface area contributed by atoms with Crippen LogP contribution in [0.5, 0.6) is 5.75 Å². The van der Waals surface area contributed by atoms with Crippen LogP contribution < -0.4 is 4.74 Å². The van der Waals surface area contributed by atoms with Gasteiger partial charge in [-0.3, -0.25) is 9.88 Å². The van der Waals surface area contributed by atoms with Crippen molar-refractivity contribution in [3.63, 3.8) is 0 Å². The van der Waals surface area contributed by atoms with E-state index in [1.807, 2.05) is 6.07 Å². The fourth-order valence-electron chi connectivity index (χ4n) is 3.69. The number of hydrogen-bond acceptors (Lipinski definition) is 4. The van der Waals surface area contributed by atoms with Gasteiger partial charge in [-0.1, -0.05) is 6.42 Å². The third-order valence-corrected chi connectivity index (χ3v) is 5.35. The van der Waals surface area contributed by atoms with Crippen molar-refractivity contribution in [1.29, 1.82) is 5.26 Å². The van der Waals surface area contributed by atoms with Crippen LogP contribution in [-0.4, -0.2) is 22.5 Å². The molecule has 1 aromatic carbocycles. The molecule has 4 nitrogen and oxygen atoms in total. The summed E-state index contributed by atoms with van der Waals surface area (Å²) in [5.41, 5.74) is 1.14. The topological polar surface area (TPSA) is 49.1 Å². The minimum absolute atomic E-state index is 0.131. The molecule has 0 amide bonds. The zero-order valence-electron chi connectivity index (χ0n) is 16.6. The van der Waals surface area contributed by atoms with Gasteiger partial charge in [0.15, 0.2) is 0 Å². The van der Waals surface area contributed by atoms with Crippen LogP contribution in [0.3, 0.4) is 0 Å². The number of piperidine rings is 1. The average molecular weight is 403 g/mol. The van der Waals surface area contributed by atoms with Gasteiger partial charge in [0.25, 0.3) is 0 Å². The fourth-order valence-corrected chi connectivity index (χ4v) is 3.69. The molecule has 0 unspecified atom stereocenters. The van der Waals surface area contributed by atoms with E-state index in [0.29, 0.717) is 35.0 Å². The molecule has 2 aromatic rings. The second-order valence-electron chi connectivity index (χ2n) is 7.57. The molecule has 1 saturated heterocycles. The first-order valence-electron chi connectivity index (χ1n) is 9.69. The molecule has 0 N–H and O–H groups in total. The first kappa shape index (κ1) is 21.1. The van der Waals surface area contributed by atoms with E-state index in [4.69, 9.17) is 10.00 Å². The number of nitriles is 1. The molecule has 1 aliphatic heterocycles. The summed E-state index contributed by atoms with van der Waals surface area (Å²) in [6.07, 6.45) is 1.87. The Morgan fingerprint density at radius 3 is 2.72 bits per heavy atom. The van der Waals surface area contributed by atoms with Crippen molar-refractivity contribution in [3.8, 4) is 11.8 Å². The maximum atomic E-state index is 13.5. The molecule has 1 aromatic heterocycles. The monoisotopic (exact) mass is 403 g/mol. The highest BCUT2D eigenvalue weighted by molar-refractivity contribution is 5.44. The minimum Gasteiger partial charge on any atom is -0.489 e. The predicted molar refractivity (Wildman–Crippen MR) is 103 cm³/mol. The second kappa shape index (κ2) is 8.83. The summed E-state index contributed by atoms with van der Waals surface area (Å²) >= 11 is 0. The van der Waals surface area contributed by atoms with Gasteiger partial charge >= 0.3 is 6.18 Å². The molecule has 0 saturated carbocycles. The Morgan fingerprint density at radius 1 is 1.24 bits per heavy atom. The second-order valence-corrected chi connectivity index (χ2v) is 7.57. The fraction of sp³-hybridized carbons (Fsp3) is 0.455. The highest BCUT2D eigenvalue weighted by Crippen LogP contribution is 2.36. The molecule has 0 radical (unpaired) electrons. The van der Waals surface area contributed by atoms with E-state index in [2.05, 4.69) is 16.8 Å². The van der Waals surface area contributed by atoms with Crippen molar-refractivity contribution in [2.24, 2.45) is 0 Å². The van der Waals surface area contributed by atoms with Gasteiger partial charge in [-0.25, -0.2) is 0 Å². The molecule has 1 aliphatic rings. The SMILES string of the molecule is Cc1cc(OCc2cncc(C#N)c2)c(CN2CCCC[C@H]2C)cc1C(F)(F)F. The number of nitrogens with zero attached hydrogens (tertiary/aromatic N) is 3. The quantitative estimate of drug-likeness (QED) is 0.686. The van der Waals surface area contributed by atoms with Gasteiger partial charge in [-0.2, -0.15) is 18.4 Å². The van der Waals surface area contributed by atoms with Crippen molar-refractivity contribution in [3.05, 3.63) is 58.4 Å². The Balaban J connectivity index is 1.89. The normalized spacial score (nSPS) is 17.7. The molecular formula is C22H24F3N3O. The third-order valence-electron chi connectivity index (χ3n) is 5.35. The summed E-state index contributed by atoms with van der Waals surface area (Å²) in [6.45, 7) is 4.97. The van der Waals surface area contributed by atoms with Crippen molar-refractivity contribution in [2.75, 3.05) is 6.54 Å². The van der Waals surface area contributed by atoms with E-state index in [-0.39, 0.29) is 12.2 Å². The number of aryl methyl sites for hydroxylation is 1. The van der Waals surface area contributed by atoms with Gasteiger partial charge < -0.3 is 4.74 Å². The number of ether oxygens (including phenoxy) is 1. The van der Waals surface area contributed by atoms with Gasteiger partial charge in [0.1, 0.15) is 18.4 Å². The van der Waals surface area contributed by atoms with Gasteiger partial charge in [-0.15, -0.1) is 0 Å². The number of pyridine rings is 1. The summed E-state index contributed by atoms with van der Waals surface area (Å²) in [6, 6.07) is 6.69. The van der Waals surface area contributed by atoms with Crippen LogP contribution in [0.25, 0.3) is 0 Å². The Hall–Kier alpha value is -2.59. The van der Waals surface area contributed by atoms with Crippen molar-refractivity contribution in [2.45, 2.75) is 58.5 Å². The molecule has 2 heterocycles. The first-order valence-corrected chi connectivity index (χ1v) is 9.69. The Kier molecular flexibility index (Phi) is 6.43. The van der Waals surface area contributed by atoms with Crippen molar-refractivity contribution >= 4 is 0 Å². The third kappa shape index (κ3) is 5.27. The summed E-state index contributed by atoms with van der Waals surface area (Å²) in [5, 5.41) is 9.00. The lowest BCUT2D eigenvalue weighted by atomic mass is 9.99. The summed E-state index contributed by atoms with van der Waals surface area (Å²) in [7, 11) is 0. The molecule has 154 valence electrons. The molecule has 0 spiro atoms. The number of hydrogen-bond donors (Lipinski definition) is 0. The van der Waals surface area contributed by atoms with E-state index >= 15 is 0 Å². The van der Waals surface area contributed by atoms with Crippen LogP contribution in [0, 0.1) is 18.3 Å². The van der Waals surface area contributed by atoms with Gasteiger partial charge in [0.2, 0.25) is 0 Å². The Labute approximate surface area is 168 Å². The van der Waals surface area contributed by atoms with E-state index in [1.54, 1.807) is 12.3 Å². The zero-order chi connectivity index (χ0) is 21.0. The average Bonchev–Trinajstić information content (AvgIpc) is 2.68. The van der Waals surface area contributed by atoms with Crippen LogP contribution >= 0.6 is 0 Å². The number of aromatic nitrogens is 1. The number of alkyl halides is 3. The highest BCUT2D eigenvalue weighted by atomic mass is 19.4. The van der Waals surface area contributed by atoms with E-state index < -0.39 is 11.7 Å². The van der Waals surface area contributed by atoms with Crippen LogP contribution in [0.2, 0.25) is 0 Å². The van der Waals surface area contributed by atoms with Crippen LogP contribution in [0.15, 0.2) is 30.6 Å². The molecule has 29 heavy (non-hydrogen) atoms. The lowest BCUT2D eigenvalue weighted by Gasteiger charge is -2.34. The minimum atomic E-state index is -4.41. The van der Waals surface area contributed by atoms with E-state index in [1.165, 1.54) is 25.3 Å². The summed E-state index contributed by atoms with van der Waals surface area (Å²) in [5.74, 6) is 0.440. The Morgan fingerprint density at radius 2 is 2.03 bits per heavy atom. The standard InChI is InChI=1S/C22H24F3N3O/c1-15-7-21(29-14-18-8-17(10-26)11-27-12-18)19(9-20(15)22(23,24)25)13-28-6-4-3-5-16(28)2/h7-9,11-12,16H,3-6,13-14H2,1-2H3/t16-/m1/s1. The van der Waals surface area contributed by atoms with Gasteiger partial charge in [-0.05, 0) is 57.0 Å². The van der Waals surface area contributed by atoms with Gasteiger partial charge in [0.05, 0.1) is 11.1 Å². The molecular weight excluding hydrogens is 379 g/mol. The molecule has 7 heteroatoms. The maximum absolute atomic E-state index is 13.5. The zero-order valence-corrected chi connectivity index (χ0v) is 16.6. The molecule has 0 aliphatic carbocycles.